The van der Waals surface area contributed by atoms with Gasteiger partial charge in [-0.2, -0.15) is 5.10 Å². The molecule has 0 radical (unpaired) electrons. The zero-order valence-electron chi connectivity index (χ0n) is 11.1. The predicted molar refractivity (Wildman–Crippen MR) is 74.8 cm³/mol. The van der Waals surface area contributed by atoms with Crippen LogP contribution in [0.15, 0.2) is 29.4 Å². The lowest BCUT2D eigenvalue weighted by molar-refractivity contribution is 0.0693. The van der Waals surface area contributed by atoms with Crippen LogP contribution in [-0.2, 0) is 0 Å². The highest BCUT2D eigenvalue weighted by atomic mass is 16.4. The van der Waals surface area contributed by atoms with Crippen molar-refractivity contribution in [3.63, 3.8) is 0 Å². The Hall–Kier alpha value is -1.88. The average Bonchev–Trinajstić information content (AvgIpc) is 2.95. The maximum absolute atomic E-state index is 11.4. The van der Waals surface area contributed by atoms with Crippen LogP contribution in [0.1, 0.15) is 34.8 Å². The van der Waals surface area contributed by atoms with Gasteiger partial charge < -0.3 is 10.5 Å². The minimum Gasteiger partial charge on any atom is -0.478 e. The van der Waals surface area contributed by atoms with E-state index < -0.39 is 5.97 Å². The van der Waals surface area contributed by atoms with Crippen LogP contribution in [0, 0.1) is 5.92 Å². The normalized spacial score (nSPS) is 34.3. The van der Waals surface area contributed by atoms with E-state index in [9.17, 15) is 9.90 Å². The molecule has 20 heavy (non-hydrogen) atoms. The number of rotatable bonds is 2. The first-order chi connectivity index (χ1) is 9.75. The Morgan fingerprint density at radius 3 is 2.80 bits per heavy atom. The quantitative estimate of drug-likeness (QED) is 0.855. The van der Waals surface area contributed by atoms with E-state index >= 15 is 0 Å². The number of nitrogens with one attached hydrogen (secondary N) is 1. The van der Waals surface area contributed by atoms with Crippen LogP contribution < -0.4 is 5.43 Å². The van der Waals surface area contributed by atoms with Crippen LogP contribution >= 0.6 is 0 Å². The van der Waals surface area contributed by atoms with Gasteiger partial charge >= 0.3 is 5.97 Å². The van der Waals surface area contributed by atoms with E-state index in [2.05, 4.69) is 15.4 Å². The third-order valence-electron chi connectivity index (χ3n) is 4.82. The third-order valence-corrected chi connectivity index (χ3v) is 4.82. The smallest absolute Gasteiger partial charge is 0.336 e. The fraction of sp³-hybridized carbons (Fsp3) is 0.467. The lowest BCUT2D eigenvalue weighted by Gasteiger charge is -2.45. The fourth-order valence-corrected chi connectivity index (χ4v) is 3.86. The maximum Gasteiger partial charge on any atom is 0.336 e. The molecule has 4 aliphatic rings. The van der Waals surface area contributed by atoms with E-state index in [0.717, 1.165) is 18.7 Å². The molecule has 3 fully saturated rings. The molecule has 104 valence electrons. The van der Waals surface area contributed by atoms with Crippen LogP contribution in [-0.4, -0.2) is 40.8 Å². The summed E-state index contributed by atoms with van der Waals surface area (Å²) in [5, 5.41) is 13.9. The van der Waals surface area contributed by atoms with Gasteiger partial charge in [0.15, 0.2) is 0 Å². The molecule has 4 aliphatic heterocycles. The van der Waals surface area contributed by atoms with Crippen molar-refractivity contribution in [2.75, 3.05) is 13.1 Å². The highest BCUT2D eigenvalue weighted by Gasteiger charge is 2.47. The SMILES string of the molecule is O=C(O)c1ccccc1C1NN=C2C3CCN(CC3)C21. The van der Waals surface area contributed by atoms with Gasteiger partial charge in [0.05, 0.1) is 23.4 Å². The number of piperidine rings is 3. The topological polar surface area (TPSA) is 64.9 Å². The number of carbonyl (C=O) groups is 1. The largest absolute Gasteiger partial charge is 0.478 e. The summed E-state index contributed by atoms with van der Waals surface area (Å²) in [7, 11) is 0. The summed E-state index contributed by atoms with van der Waals surface area (Å²) >= 11 is 0. The van der Waals surface area contributed by atoms with E-state index in [1.807, 2.05) is 12.1 Å². The summed E-state index contributed by atoms with van der Waals surface area (Å²) in [4.78, 5) is 13.9. The van der Waals surface area contributed by atoms with E-state index in [1.54, 1.807) is 12.1 Å². The van der Waals surface area contributed by atoms with Crippen molar-refractivity contribution >= 4 is 11.7 Å². The molecule has 2 unspecified atom stereocenters. The number of carboxylic acids is 1. The molecule has 4 heterocycles. The predicted octanol–water partition coefficient (Wildman–Crippen LogP) is 1.48. The second-order valence-electron chi connectivity index (χ2n) is 5.79. The van der Waals surface area contributed by atoms with E-state index in [4.69, 9.17) is 0 Å². The molecule has 5 heteroatoms. The van der Waals surface area contributed by atoms with Crippen molar-refractivity contribution in [3.8, 4) is 0 Å². The molecule has 5 nitrogen and oxygen atoms in total. The minimum atomic E-state index is -0.869. The van der Waals surface area contributed by atoms with Crippen LogP contribution in [0.3, 0.4) is 0 Å². The number of hydrazone groups is 1. The Morgan fingerprint density at radius 2 is 2.05 bits per heavy atom. The molecule has 0 aliphatic carbocycles. The highest BCUT2D eigenvalue weighted by Crippen LogP contribution is 2.39. The lowest BCUT2D eigenvalue weighted by atomic mass is 9.78. The van der Waals surface area contributed by atoms with Gasteiger partial charge in [-0.05, 0) is 37.6 Å². The van der Waals surface area contributed by atoms with E-state index in [1.165, 1.54) is 18.6 Å². The van der Waals surface area contributed by atoms with Gasteiger partial charge in [0.1, 0.15) is 0 Å². The maximum atomic E-state index is 11.4. The molecule has 5 rings (SSSR count). The van der Waals surface area contributed by atoms with Crippen LogP contribution in [0.25, 0.3) is 0 Å². The summed E-state index contributed by atoms with van der Waals surface area (Å²) in [6.45, 7) is 2.20. The Bertz CT molecular complexity index is 591. The van der Waals surface area contributed by atoms with Crippen molar-refractivity contribution in [1.29, 1.82) is 0 Å². The number of hydrogen-bond donors (Lipinski definition) is 2. The van der Waals surface area contributed by atoms with Crippen molar-refractivity contribution < 1.29 is 9.90 Å². The first-order valence-corrected chi connectivity index (χ1v) is 7.15. The number of hydrogen-bond acceptors (Lipinski definition) is 4. The Kier molecular flexibility index (Phi) is 2.57. The number of fused-ring (bicyclic) bond motifs is 2. The molecule has 1 aromatic rings. The summed E-state index contributed by atoms with van der Waals surface area (Å²) < 4.78 is 0. The molecule has 0 amide bonds. The van der Waals surface area contributed by atoms with Gasteiger partial charge in [0, 0.05) is 5.92 Å². The van der Waals surface area contributed by atoms with Crippen LogP contribution in [0.5, 0.6) is 0 Å². The Morgan fingerprint density at radius 1 is 1.30 bits per heavy atom. The second kappa shape index (κ2) is 4.31. The molecule has 0 aromatic heterocycles. The zero-order chi connectivity index (χ0) is 13.7. The molecule has 2 atom stereocenters. The van der Waals surface area contributed by atoms with Crippen molar-refractivity contribution in [2.45, 2.75) is 24.9 Å². The number of nitrogens with zero attached hydrogens (tertiary/aromatic N) is 2. The molecule has 3 saturated heterocycles. The molecule has 2 bridgehead atoms. The van der Waals surface area contributed by atoms with Gasteiger partial charge in [-0.15, -0.1) is 0 Å². The summed E-state index contributed by atoms with van der Waals surface area (Å²) in [5.41, 5.74) is 5.65. The number of benzene rings is 1. The van der Waals surface area contributed by atoms with Crippen molar-refractivity contribution in [3.05, 3.63) is 35.4 Å². The first-order valence-electron chi connectivity index (χ1n) is 7.15. The van der Waals surface area contributed by atoms with Crippen LogP contribution in [0.2, 0.25) is 0 Å². The van der Waals surface area contributed by atoms with Gasteiger partial charge in [-0.3, -0.25) is 4.90 Å². The van der Waals surface area contributed by atoms with Crippen LogP contribution in [0.4, 0.5) is 0 Å². The van der Waals surface area contributed by atoms with Crippen molar-refractivity contribution in [2.24, 2.45) is 11.0 Å². The minimum absolute atomic E-state index is 0.0274. The summed E-state index contributed by atoms with van der Waals surface area (Å²) in [5.74, 6) is -0.286. The Balaban J connectivity index is 1.73. The molecule has 1 aromatic carbocycles. The van der Waals surface area contributed by atoms with Crippen molar-refractivity contribution in [1.82, 2.24) is 10.3 Å². The molecular weight excluding hydrogens is 254 g/mol. The average molecular weight is 271 g/mol. The first kappa shape index (κ1) is 11.9. The highest BCUT2D eigenvalue weighted by molar-refractivity contribution is 5.96. The van der Waals surface area contributed by atoms with Gasteiger partial charge in [0.2, 0.25) is 0 Å². The number of aromatic carboxylic acids is 1. The third kappa shape index (κ3) is 1.59. The van der Waals surface area contributed by atoms with E-state index in [0.29, 0.717) is 11.5 Å². The van der Waals surface area contributed by atoms with Gasteiger partial charge in [-0.25, -0.2) is 4.79 Å². The fourth-order valence-electron chi connectivity index (χ4n) is 3.86. The molecular formula is C15H17N3O2. The number of carboxylic acid groups (broad SMARTS) is 1. The second-order valence-corrected chi connectivity index (χ2v) is 5.79. The summed E-state index contributed by atoms with van der Waals surface area (Å²) in [6, 6.07) is 7.47. The molecule has 2 N–H and O–H groups in total. The molecule has 0 saturated carbocycles. The lowest BCUT2D eigenvalue weighted by Crippen LogP contribution is -2.56. The molecule has 0 spiro atoms. The van der Waals surface area contributed by atoms with E-state index in [-0.39, 0.29) is 12.1 Å². The Labute approximate surface area is 117 Å². The zero-order valence-corrected chi connectivity index (χ0v) is 11.1. The summed E-state index contributed by atoms with van der Waals surface area (Å²) in [6.07, 6.45) is 2.37. The van der Waals surface area contributed by atoms with Gasteiger partial charge in [-0.1, -0.05) is 18.2 Å². The van der Waals surface area contributed by atoms with Gasteiger partial charge in [0.25, 0.3) is 0 Å². The standard InChI is InChI=1S/C15H17N3O2/c19-15(20)11-4-2-1-3-10(11)13-14-12(16-17-13)9-5-7-18(14)8-6-9/h1-4,9,13-14,17H,5-8H2,(H,19,20). The monoisotopic (exact) mass is 271 g/mol.